The summed E-state index contributed by atoms with van der Waals surface area (Å²) in [6, 6.07) is 4.34. The number of carboxylic acid groups (broad SMARTS) is 1. The molecule has 0 fully saturated rings. The highest BCUT2D eigenvalue weighted by atomic mass is 19.1. The van der Waals surface area contributed by atoms with E-state index in [1.165, 1.54) is 13.8 Å². The van der Waals surface area contributed by atoms with Gasteiger partial charge < -0.3 is 9.84 Å². The van der Waals surface area contributed by atoms with Crippen LogP contribution >= 0.6 is 0 Å². The molecule has 1 aromatic rings. The van der Waals surface area contributed by atoms with Crippen molar-refractivity contribution in [3.63, 3.8) is 0 Å². The lowest BCUT2D eigenvalue weighted by atomic mass is 9.78. The summed E-state index contributed by atoms with van der Waals surface area (Å²) in [6.45, 7) is 2.89. The van der Waals surface area contributed by atoms with E-state index >= 15 is 0 Å². The average Bonchev–Trinajstić information content (AvgIpc) is 2.40. The number of rotatable bonds is 6. The molecular weight excluding hydrogens is 267 g/mol. The molecule has 0 aliphatic rings. The second kappa shape index (κ2) is 6.27. The Morgan fingerprint density at radius 3 is 2.15 bits per heavy atom. The fourth-order valence-electron chi connectivity index (χ4n) is 1.84. The quantitative estimate of drug-likeness (QED) is 0.490. The minimum absolute atomic E-state index is 0.0371. The summed E-state index contributed by atoms with van der Waals surface area (Å²) in [5.41, 5.74) is -2.35. The standard InChI is InChI=1S/C14H15FO5/c1-3-14(12(17)18,13(19)20-4-2)11(16)9-5-7-10(15)8-6-9/h5-8H,3-4H2,1-2H3,(H,17,18). The number of Topliss-reactive ketones (excluding diaryl/α,β-unsaturated/α-hetero) is 1. The van der Waals surface area contributed by atoms with Gasteiger partial charge in [0.1, 0.15) is 5.82 Å². The maximum absolute atomic E-state index is 12.8. The number of carbonyl (C=O) groups is 3. The maximum Gasteiger partial charge on any atom is 0.331 e. The van der Waals surface area contributed by atoms with E-state index in [2.05, 4.69) is 0 Å². The smallest absolute Gasteiger partial charge is 0.331 e. The highest BCUT2D eigenvalue weighted by Gasteiger charge is 2.53. The molecule has 1 rings (SSSR count). The van der Waals surface area contributed by atoms with Crippen LogP contribution in [0.3, 0.4) is 0 Å². The molecule has 1 aromatic carbocycles. The van der Waals surface area contributed by atoms with Crippen molar-refractivity contribution in [2.24, 2.45) is 5.41 Å². The zero-order valence-corrected chi connectivity index (χ0v) is 11.2. The van der Waals surface area contributed by atoms with E-state index in [1.807, 2.05) is 0 Å². The van der Waals surface area contributed by atoms with Gasteiger partial charge in [-0.2, -0.15) is 0 Å². The Kier molecular flexibility index (Phi) is 4.96. The minimum atomic E-state index is -2.30. The molecular formula is C14H15FO5. The molecule has 0 aliphatic carbocycles. The first kappa shape index (κ1) is 15.8. The number of ether oxygens (including phenoxy) is 1. The van der Waals surface area contributed by atoms with Crippen molar-refractivity contribution in [2.45, 2.75) is 20.3 Å². The number of ketones is 1. The Balaban J connectivity index is 3.30. The van der Waals surface area contributed by atoms with Gasteiger partial charge in [-0.3, -0.25) is 14.4 Å². The van der Waals surface area contributed by atoms with E-state index < -0.39 is 29.0 Å². The number of carbonyl (C=O) groups excluding carboxylic acids is 2. The molecule has 0 saturated carbocycles. The zero-order valence-electron chi connectivity index (χ0n) is 11.2. The maximum atomic E-state index is 12.8. The number of esters is 1. The lowest BCUT2D eigenvalue weighted by molar-refractivity contribution is -0.164. The Bertz CT molecular complexity index is 523. The largest absolute Gasteiger partial charge is 0.480 e. The first-order valence-electron chi connectivity index (χ1n) is 6.11. The van der Waals surface area contributed by atoms with Crippen molar-refractivity contribution in [1.29, 1.82) is 0 Å². The third-order valence-corrected chi connectivity index (χ3v) is 3.01. The Morgan fingerprint density at radius 2 is 1.75 bits per heavy atom. The van der Waals surface area contributed by atoms with Gasteiger partial charge in [-0.05, 0) is 37.6 Å². The van der Waals surface area contributed by atoms with Gasteiger partial charge >= 0.3 is 11.9 Å². The van der Waals surface area contributed by atoms with Crippen LogP contribution in [0, 0.1) is 11.2 Å². The van der Waals surface area contributed by atoms with Gasteiger partial charge in [-0.1, -0.05) is 6.92 Å². The Labute approximate surface area is 115 Å². The van der Waals surface area contributed by atoms with E-state index in [0.29, 0.717) is 0 Å². The molecule has 0 bridgehead atoms. The summed E-state index contributed by atoms with van der Waals surface area (Å²) in [5, 5.41) is 9.31. The third kappa shape index (κ3) is 2.68. The van der Waals surface area contributed by atoms with Crippen LogP contribution in [0.2, 0.25) is 0 Å². The molecule has 0 heterocycles. The molecule has 0 saturated heterocycles. The summed E-state index contributed by atoms with van der Waals surface area (Å²) < 4.78 is 17.6. The fourth-order valence-corrected chi connectivity index (χ4v) is 1.84. The monoisotopic (exact) mass is 282 g/mol. The van der Waals surface area contributed by atoms with Gasteiger partial charge in [0.15, 0.2) is 5.78 Å². The van der Waals surface area contributed by atoms with Gasteiger partial charge in [0.05, 0.1) is 6.61 Å². The first-order valence-corrected chi connectivity index (χ1v) is 6.11. The third-order valence-electron chi connectivity index (χ3n) is 3.01. The van der Waals surface area contributed by atoms with Crippen molar-refractivity contribution < 1.29 is 28.6 Å². The predicted molar refractivity (Wildman–Crippen MR) is 67.7 cm³/mol. The second-order valence-electron chi connectivity index (χ2n) is 4.12. The van der Waals surface area contributed by atoms with Crippen LogP contribution in [-0.2, 0) is 14.3 Å². The van der Waals surface area contributed by atoms with Crippen molar-refractivity contribution in [2.75, 3.05) is 6.61 Å². The molecule has 20 heavy (non-hydrogen) atoms. The van der Waals surface area contributed by atoms with Gasteiger partial charge in [0, 0.05) is 5.56 Å². The van der Waals surface area contributed by atoms with Crippen LogP contribution in [0.15, 0.2) is 24.3 Å². The Hall–Kier alpha value is -2.24. The summed E-state index contributed by atoms with van der Waals surface area (Å²) in [4.78, 5) is 35.7. The molecule has 1 atom stereocenters. The van der Waals surface area contributed by atoms with Gasteiger partial charge in [-0.15, -0.1) is 0 Å². The van der Waals surface area contributed by atoms with Crippen molar-refractivity contribution in [1.82, 2.24) is 0 Å². The average molecular weight is 282 g/mol. The van der Waals surface area contributed by atoms with Gasteiger partial charge in [0.2, 0.25) is 5.41 Å². The number of halogens is 1. The van der Waals surface area contributed by atoms with Crippen molar-refractivity contribution >= 4 is 17.7 Å². The highest BCUT2D eigenvalue weighted by Crippen LogP contribution is 2.29. The van der Waals surface area contributed by atoms with Crippen LogP contribution in [0.1, 0.15) is 30.6 Å². The lowest BCUT2D eigenvalue weighted by Crippen LogP contribution is -2.47. The number of aliphatic carboxylic acids is 1. The molecule has 0 aromatic heterocycles. The first-order chi connectivity index (χ1) is 9.40. The summed E-state index contributed by atoms with van der Waals surface area (Å²) in [7, 11) is 0. The van der Waals surface area contributed by atoms with Crippen LogP contribution in [0.4, 0.5) is 4.39 Å². The molecule has 0 spiro atoms. The normalized spacial score (nSPS) is 13.3. The molecule has 5 nitrogen and oxygen atoms in total. The highest BCUT2D eigenvalue weighted by molar-refractivity contribution is 6.25. The lowest BCUT2D eigenvalue weighted by Gasteiger charge is -2.24. The van der Waals surface area contributed by atoms with E-state index in [-0.39, 0.29) is 18.6 Å². The fraction of sp³-hybridized carbons (Fsp3) is 0.357. The van der Waals surface area contributed by atoms with Crippen molar-refractivity contribution in [3.8, 4) is 0 Å². The number of hydrogen-bond acceptors (Lipinski definition) is 4. The molecule has 0 amide bonds. The Morgan fingerprint density at radius 1 is 1.20 bits per heavy atom. The van der Waals surface area contributed by atoms with Crippen LogP contribution in [0.5, 0.6) is 0 Å². The summed E-state index contributed by atoms with van der Waals surface area (Å²) in [6.07, 6.45) is -0.253. The number of carboxylic acids is 1. The van der Waals surface area contributed by atoms with Crippen molar-refractivity contribution in [3.05, 3.63) is 35.6 Å². The van der Waals surface area contributed by atoms with Gasteiger partial charge in [0.25, 0.3) is 0 Å². The van der Waals surface area contributed by atoms with E-state index in [4.69, 9.17) is 4.74 Å². The minimum Gasteiger partial charge on any atom is -0.480 e. The number of benzene rings is 1. The topological polar surface area (TPSA) is 80.7 Å². The van der Waals surface area contributed by atoms with Crippen LogP contribution < -0.4 is 0 Å². The molecule has 1 unspecified atom stereocenters. The molecule has 108 valence electrons. The predicted octanol–water partition coefficient (Wildman–Crippen LogP) is 2.05. The van der Waals surface area contributed by atoms with E-state index in [1.54, 1.807) is 0 Å². The van der Waals surface area contributed by atoms with Crippen LogP contribution in [-0.4, -0.2) is 29.4 Å². The van der Waals surface area contributed by atoms with E-state index in [9.17, 15) is 23.9 Å². The second-order valence-corrected chi connectivity index (χ2v) is 4.12. The van der Waals surface area contributed by atoms with Gasteiger partial charge in [-0.25, -0.2) is 4.39 Å². The molecule has 0 radical (unpaired) electrons. The van der Waals surface area contributed by atoms with E-state index in [0.717, 1.165) is 24.3 Å². The molecule has 1 N–H and O–H groups in total. The zero-order chi connectivity index (χ0) is 15.3. The molecule has 0 aliphatic heterocycles. The number of hydrogen-bond donors (Lipinski definition) is 1. The summed E-state index contributed by atoms with van der Waals surface area (Å²) in [5.74, 6) is -4.15. The summed E-state index contributed by atoms with van der Waals surface area (Å²) >= 11 is 0. The molecule has 6 heteroatoms. The van der Waals surface area contributed by atoms with Crippen LogP contribution in [0.25, 0.3) is 0 Å². The SMILES string of the molecule is CCOC(=O)C(CC)(C(=O)O)C(=O)c1ccc(F)cc1.